The second kappa shape index (κ2) is 13.3. The molecule has 0 radical (unpaired) electrons. The third-order valence-corrected chi connectivity index (χ3v) is 9.74. The van der Waals surface area contributed by atoms with Crippen LogP contribution in [0.4, 0.5) is 5.82 Å². The van der Waals surface area contributed by atoms with Crippen LogP contribution in [-0.2, 0) is 14.4 Å². The molecule has 0 N–H and O–H groups in total. The normalized spacial score (nSPS) is 16.6. The van der Waals surface area contributed by atoms with Crippen molar-refractivity contribution >= 4 is 35.3 Å². The van der Waals surface area contributed by atoms with Crippen LogP contribution in [0.3, 0.4) is 0 Å². The minimum Gasteiger partial charge on any atom is -0.497 e. The zero-order valence-corrected chi connectivity index (χ0v) is 27.3. The van der Waals surface area contributed by atoms with Gasteiger partial charge < -0.3 is 19.3 Å². The number of aromatic nitrogens is 2. The Balaban J connectivity index is 1.55. The van der Waals surface area contributed by atoms with Crippen LogP contribution in [-0.4, -0.2) is 90.0 Å². The highest BCUT2D eigenvalue weighted by atomic mass is 32.2. The van der Waals surface area contributed by atoms with Gasteiger partial charge in [-0.1, -0.05) is 48.0 Å². The van der Waals surface area contributed by atoms with Gasteiger partial charge in [0.05, 0.1) is 36.6 Å². The lowest BCUT2D eigenvalue weighted by atomic mass is 9.98. The zero-order valence-electron chi connectivity index (χ0n) is 26.4. The Bertz CT molecular complexity index is 1750. The zero-order chi connectivity index (χ0) is 32.4. The molecule has 1 fully saturated rings. The summed E-state index contributed by atoms with van der Waals surface area (Å²) < 4.78 is 13.2. The van der Waals surface area contributed by atoms with Crippen molar-refractivity contribution in [1.29, 1.82) is 0 Å². The number of aryl methyl sites for hydroxylation is 1. The van der Waals surface area contributed by atoms with Gasteiger partial charge in [0.25, 0.3) is 0 Å². The quantitative estimate of drug-likeness (QED) is 0.289. The highest BCUT2D eigenvalue weighted by Gasteiger charge is 2.39. The average Bonchev–Trinajstić information content (AvgIpc) is 3.41. The van der Waals surface area contributed by atoms with Gasteiger partial charge in [0.1, 0.15) is 23.9 Å². The largest absolute Gasteiger partial charge is 0.497 e. The average molecular weight is 640 g/mol. The number of methoxy groups -OCH3 is 2. The van der Waals surface area contributed by atoms with E-state index in [9.17, 15) is 14.4 Å². The number of carbonyl (C=O) groups is 3. The summed E-state index contributed by atoms with van der Waals surface area (Å²) in [4.78, 5) is 45.0. The molecule has 0 spiro atoms. The fourth-order valence-corrected chi connectivity index (χ4v) is 7.20. The topological polar surface area (TPSA) is 97.2 Å². The number of thioether (sulfide) groups is 1. The Hall–Kier alpha value is -4.77. The number of amides is 3. The molecule has 2 aliphatic heterocycles. The van der Waals surface area contributed by atoms with E-state index in [0.29, 0.717) is 49.2 Å². The molecule has 1 aromatic heterocycles. The SMILES string of the molecule is COc1ccc(OC)c(C2SCC(=O)N(CC(=O)N3CCN(C(C)=O)CC3)c3c2c(-c2ccccc2)nn3-c2ccc(C)cc2)c1. The second-order valence-corrected chi connectivity index (χ2v) is 12.5. The van der Waals surface area contributed by atoms with Crippen molar-refractivity contribution in [2.24, 2.45) is 0 Å². The van der Waals surface area contributed by atoms with Gasteiger partial charge in [0.15, 0.2) is 0 Å². The number of hydrogen-bond donors (Lipinski definition) is 0. The highest BCUT2D eigenvalue weighted by molar-refractivity contribution is 8.00. The molecular weight excluding hydrogens is 602 g/mol. The molecule has 6 rings (SSSR count). The summed E-state index contributed by atoms with van der Waals surface area (Å²) in [6.45, 7) is 5.17. The van der Waals surface area contributed by atoms with Crippen LogP contribution in [0.2, 0.25) is 0 Å². The van der Waals surface area contributed by atoms with E-state index < -0.39 is 0 Å². The molecule has 46 heavy (non-hydrogen) atoms. The number of ether oxygens (including phenoxy) is 2. The fraction of sp³-hybridized carbons (Fsp3) is 0.314. The molecule has 1 saturated heterocycles. The van der Waals surface area contributed by atoms with Crippen molar-refractivity contribution < 1.29 is 23.9 Å². The van der Waals surface area contributed by atoms with E-state index in [4.69, 9.17) is 14.6 Å². The van der Waals surface area contributed by atoms with Gasteiger partial charge in [-0.25, -0.2) is 4.68 Å². The van der Waals surface area contributed by atoms with Crippen LogP contribution >= 0.6 is 11.8 Å². The first-order chi connectivity index (χ1) is 22.3. The van der Waals surface area contributed by atoms with E-state index in [1.54, 1.807) is 33.6 Å². The second-order valence-electron chi connectivity index (χ2n) is 11.4. The Kier molecular flexibility index (Phi) is 9.03. The first kappa shape index (κ1) is 31.2. The summed E-state index contributed by atoms with van der Waals surface area (Å²) in [7, 11) is 3.25. The molecule has 1 unspecified atom stereocenters. The molecular formula is C35H37N5O5S. The molecule has 0 saturated carbocycles. The van der Waals surface area contributed by atoms with Crippen LogP contribution in [0.5, 0.6) is 11.5 Å². The Morgan fingerprint density at radius 3 is 2.26 bits per heavy atom. The Morgan fingerprint density at radius 2 is 1.61 bits per heavy atom. The standard InChI is InChI=1S/C35H37N5O5S/c1-23-10-12-26(13-11-23)40-35-32(33(36-40)25-8-6-5-7-9-25)34(28-20-27(44-3)14-15-29(28)45-4)46-22-31(43)39(35)21-30(42)38-18-16-37(17-19-38)24(2)41/h5-15,20,34H,16-19,21-22H2,1-4H3. The number of benzene rings is 3. The summed E-state index contributed by atoms with van der Waals surface area (Å²) >= 11 is 1.48. The summed E-state index contributed by atoms with van der Waals surface area (Å²) in [6, 6.07) is 23.5. The fourth-order valence-electron chi connectivity index (χ4n) is 5.99. The number of nitrogens with zero attached hydrogens (tertiary/aromatic N) is 5. The Labute approximate surface area is 272 Å². The predicted octanol–water partition coefficient (Wildman–Crippen LogP) is 4.72. The predicted molar refractivity (Wildman–Crippen MR) is 179 cm³/mol. The molecule has 2 aliphatic rings. The van der Waals surface area contributed by atoms with E-state index >= 15 is 0 Å². The first-order valence-corrected chi connectivity index (χ1v) is 16.3. The van der Waals surface area contributed by atoms with Gasteiger partial charge in [-0.3, -0.25) is 19.3 Å². The summed E-state index contributed by atoms with van der Waals surface area (Å²) in [5.41, 5.74) is 5.11. The number of anilines is 1. The van der Waals surface area contributed by atoms with E-state index in [0.717, 1.165) is 27.9 Å². The molecule has 4 aromatic rings. The summed E-state index contributed by atoms with van der Waals surface area (Å²) in [5, 5.41) is 4.80. The van der Waals surface area contributed by atoms with Crippen molar-refractivity contribution in [2.75, 3.05) is 57.6 Å². The molecule has 10 nitrogen and oxygen atoms in total. The summed E-state index contributed by atoms with van der Waals surface area (Å²) in [6.07, 6.45) is 0. The van der Waals surface area contributed by atoms with Gasteiger partial charge in [-0.15, -0.1) is 11.8 Å². The maximum absolute atomic E-state index is 14.2. The number of carbonyl (C=O) groups excluding carboxylic acids is 3. The maximum atomic E-state index is 14.2. The van der Waals surface area contributed by atoms with Crippen LogP contribution in [0.1, 0.15) is 28.9 Å². The van der Waals surface area contributed by atoms with E-state index in [2.05, 4.69) is 0 Å². The molecule has 0 aliphatic carbocycles. The number of rotatable bonds is 7. The first-order valence-electron chi connectivity index (χ1n) is 15.2. The highest BCUT2D eigenvalue weighted by Crippen LogP contribution is 2.51. The van der Waals surface area contributed by atoms with Gasteiger partial charge >= 0.3 is 0 Å². The van der Waals surface area contributed by atoms with Crippen LogP contribution in [0.25, 0.3) is 16.9 Å². The number of hydrogen-bond acceptors (Lipinski definition) is 7. The van der Waals surface area contributed by atoms with E-state index in [1.165, 1.54) is 18.7 Å². The van der Waals surface area contributed by atoms with Crippen molar-refractivity contribution in [3.63, 3.8) is 0 Å². The lowest BCUT2D eigenvalue weighted by molar-refractivity contribution is -0.137. The third-order valence-electron chi connectivity index (χ3n) is 8.51. The third kappa shape index (κ3) is 6.06. The number of fused-ring (bicyclic) bond motifs is 1. The minimum atomic E-state index is -0.377. The summed E-state index contributed by atoms with van der Waals surface area (Å²) in [5.74, 6) is 1.62. The molecule has 0 bridgehead atoms. The lowest BCUT2D eigenvalue weighted by Gasteiger charge is -2.35. The van der Waals surface area contributed by atoms with Crippen LogP contribution in [0.15, 0.2) is 72.8 Å². The molecule has 11 heteroatoms. The van der Waals surface area contributed by atoms with Crippen molar-refractivity contribution in [2.45, 2.75) is 19.1 Å². The lowest BCUT2D eigenvalue weighted by Crippen LogP contribution is -2.53. The van der Waals surface area contributed by atoms with E-state index in [1.807, 2.05) is 79.7 Å². The van der Waals surface area contributed by atoms with Crippen LogP contribution < -0.4 is 14.4 Å². The van der Waals surface area contributed by atoms with Gasteiger partial charge in [-0.2, -0.15) is 5.10 Å². The molecule has 1 atom stereocenters. The number of piperazine rings is 1. The monoisotopic (exact) mass is 639 g/mol. The van der Waals surface area contributed by atoms with Crippen molar-refractivity contribution in [3.8, 4) is 28.4 Å². The molecule has 3 amide bonds. The maximum Gasteiger partial charge on any atom is 0.242 e. The van der Waals surface area contributed by atoms with Gasteiger partial charge in [0.2, 0.25) is 17.7 Å². The Morgan fingerprint density at radius 1 is 0.913 bits per heavy atom. The van der Waals surface area contributed by atoms with Crippen LogP contribution in [0, 0.1) is 6.92 Å². The molecule has 238 valence electrons. The molecule has 3 heterocycles. The van der Waals surface area contributed by atoms with Crippen molar-refractivity contribution in [3.05, 3.63) is 89.5 Å². The van der Waals surface area contributed by atoms with Gasteiger partial charge in [0, 0.05) is 49.8 Å². The minimum absolute atomic E-state index is 0.00841. The smallest absolute Gasteiger partial charge is 0.242 e. The van der Waals surface area contributed by atoms with Crippen molar-refractivity contribution in [1.82, 2.24) is 19.6 Å². The van der Waals surface area contributed by atoms with Gasteiger partial charge in [-0.05, 0) is 37.3 Å². The molecule has 3 aromatic carbocycles. The van der Waals surface area contributed by atoms with E-state index in [-0.39, 0.29) is 35.3 Å².